The van der Waals surface area contributed by atoms with Gasteiger partial charge in [0.05, 0.1) is 16.4 Å². The molecule has 0 bridgehead atoms. The van der Waals surface area contributed by atoms with E-state index in [2.05, 4.69) is 66.9 Å². The molecule has 1 saturated heterocycles. The van der Waals surface area contributed by atoms with Gasteiger partial charge in [0.25, 0.3) is 0 Å². The predicted molar refractivity (Wildman–Crippen MR) is 142 cm³/mol. The molecule has 2 aliphatic rings. The van der Waals surface area contributed by atoms with Crippen molar-refractivity contribution in [1.29, 1.82) is 0 Å². The number of pyridine rings is 2. The number of hydrogen-bond donors (Lipinski definition) is 1. The summed E-state index contributed by atoms with van der Waals surface area (Å²) in [6.45, 7) is 16.4. The second-order valence-electron chi connectivity index (χ2n) is 10.9. The van der Waals surface area contributed by atoms with Crippen LogP contribution in [0, 0.1) is 13.8 Å². The van der Waals surface area contributed by atoms with E-state index in [4.69, 9.17) is 26.6 Å². The molecule has 1 N–H and O–H groups in total. The van der Waals surface area contributed by atoms with Gasteiger partial charge in [0.1, 0.15) is 5.82 Å². The van der Waals surface area contributed by atoms with Crippen LogP contribution in [0.5, 0.6) is 0 Å². The van der Waals surface area contributed by atoms with Crippen molar-refractivity contribution in [2.24, 2.45) is 0 Å². The molecule has 2 unspecified atom stereocenters. The highest BCUT2D eigenvalue weighted by Crippen LogP contribution is 2.37. The third-order valence-electron chi connectivity index (χ3n) is 6.92. The second-order valence-corrected chi connectivity index (χ2v) is 11.3. The summed E-state index contributed by atoms with van der Waals surface area (Å²) in [6, 6.07) is 5.03. The number of aromatic nitrogens is 4. The van der Waals surface area contributed by atoms with Crippen LogP contribution in [0.1, 0.15) is 50.1 Å². The Morgan fingerprint density at radius 1 is 0.971 bits per heavy atom. The van der Waals surface area contributed by atoms with Crippen LogP contribution in [0.15, 0.2) is 30.7 Å². The molecule has 184 valence electrons. The molecule has 3 aromatic heterocycles. The number of halogens is 1. The van der Waals surface area contributed by atoms with Crippen LogP contribution in [0.3, 0.4) is 0 Å². The minimum Gasteiger partial charge on any atom is -0.351 e. The summed E-state index contributed by atoms with van der Waals surface area (Å²) in [5.74, 6) is 1.72. The lowest BCUT2D eigenvalue weighted by molar-refractivity contribution is 0.400. The Morgan fingerprint density at radius 2 is 1.71 bits per heavy atom. The molecule has 0 aromatic carbocycles. The fourth-order valence-electron chi connectivity index (χ4n) is 5.50. The van der Waals surface area contributed by atoms with E-state index in [9.17, 15) is 0 Å². The Balaban J connectivity index is 1.46. The lowest BCUT2D eigenvalue weighted by atomic mass is 9.82. The molecular weight excluding hydrogens is 458 g/mol. The van der Waals surface area contributed by atoms with E-state index in [1.54, 1.807) is 6.20 Å². The zero-order valence-corrected chi connectivity index (χ0v) is 22.2. The fraction of sp³-hybridized carbons (Fsp3) is 0.481. The van der Waals surface area contributed by atoms with Crippen LogP contribution in [-0.2, 0) is 12.0 Å². The van der Waals surface area contributed by atoms with Crippen LogP contribution in [0.25, 0.3) is 11.3 Å². The second kappa shape index (κ2) is 9.03. The van der Waals surface area contributed by atoms with Gasteiger partial charge in [0, 0.05) is 73.4 Å². The first kappa shape index (κ1) is 23.9. The minimum absolute atomic E-state index is 0.157. The standard InChI is InChI=1S/C27H34ClN7/c1-16-7-17(2)24(30-9-16)21-8-23(29-11-22(21)28)35-14-20-10-31-26(33-25(20)27(5,6)15-35)34-12-18(3)32-19(4)13-34/h7-11,18-19,32H,12-15H2,1-6H3. The number of anilines is 2. The monoisotopic (exact) mass is 491 g/mol. The van der Waals surface area contributed by atoms with Crippen LogP contribution in [0.4, 0.5) is 11.8 Å². The molecule has 0 spiro atoms. The molecule has 7 nitrogen and oxygen atoms in total. The average Bonchev–Trinajstić information content (AvgIpc) is 2.78. The van der Waals surface area contributed by atoms with Crippen LogP contribution < -0.4 is 15.1 Å². The Morgan fingerprint density at radius 3 is 2.43 bits per heavy atom. The Kier molecular flexibility index (Phi) is 6.18. The third kappa shape index (κ3) is 4.71. The van der Waals surface area contributed by atoms with Gasteiger partial charge >= 0.3 is 0 Å². The smallest absolute Gasteiger partial charge is 0.225 e. The fourth-order valence-corrected chi connectivity index (χ4v) is 5.69. The molecule has 8 heteroatoms. The van der Waals surface area contributed by atoms with Crippen LogP contribution in [0.2, 0.25) is 5.02 Å². The van der Waals surface area contributed by atoms with E-state index in [0.717, 1.165) is 65.0 Å². The molecule has 0 radical (unpaired) electrons. The highest BCUT2D eigenvalue weighted by molar-refractivity contribution is 6.33. The average molecular weight is 492 g/mol. The van der Waals surface area contributed by atoms with Crippen LogP contribution in [-0.4, -0.2) is 51.7 Å². The number of piperazine rings is 1. The van der Waals surface area contributed by atoms with Gasteiger partial charge in [-0.15, -0.1) is 0 Å². The molecule has 0 amide bonds. The zero-order valence-electron chi connectivity index (χ0n) is 21.4. The molecule has 2 aliphatic heterocycles. The van der Waals surface area contributed by atoms with Crippen LogP contribution >= 0.6 is 11.6 Å². The quantitative estimate of drug-likeness (QED) is 0.570. The summed E-state index contributed by atoms with van der Waals surface area (Å²) < 4.78 is 0. The highest BCUT2D eigenvalue weighted by atomic mass is 35.5. The van der Waals surface area contributed by atoms with Crippen molar-refractivity contribution in [1.82, 2.24) is 25.3 Å². The van der Waals surface area contributed by atoms with Gasteiger partial charge in [0.2, 0.25) is 5.95 Å². The summed E-state index contributed by atoms with van der Waals surface area (Å²) in [5.41, 5.74) is 6.16. The molecule has 2 atom stereocenters. The van der Waals surface area contributed by atoms with Gasteiger partial charge in [0.15, 0.2) is 0 Å². The first-order chi connectivity index (χ1) is 16.6. The first-order valence-electron chi connectivity index (χ1n) is 12.3. The summed E-state index contributed by atoms with van der Waals surface area (Å²) in [6.07, 6.45) is 5.63. The van der Waals surface area contributed by atoms with Gasteiger partial charge in [-0.2, -0.15) is 0 Å². The van der Waals surface area contributed by atoms with Gasteiger partial charge in [-0.1, -0.05) is 31.5 Å². The van der Waals surface area contributed by atoms with E-state index in [1.165, 1.54) is 0 Å². The number of rotatable bonds is 3. The molecule has 0 aliphatic carbocycles. The highest BCUT2D eigenvalue weighted by Gasteiger charge is 2.35. The SMILES string of the molecule is Cc1cnc(-c2cc(N3Cc4cnc(N5CC(C)NC(C)C5)nc4C(C)(C)C3)ncc2Cl)c(C)c1. The molecule has 0 saturated carbocycles. The number of aryl methyl sites for hydroxylation is 2. The summed E-state index contributed by atoms with van der Waals surface area (Å²) in [4.78, 5) is 23.8. The van der Waals surface area contributed by atoms with Crippen molar-refractivity contribution in [3.8, 4) is 11.3 Å². The lowest BCUT2D eigenvalue weighted by Gasteiger charge is -2.41. The number of fused-ring (bicyclic) bond motifs is 1. The van der Waals surface area contributed by atoms with Crippen molar-refractivity contribution in [3.63, 3.8) is 0 Å². The van der Waals surface area contributed by atoms with E-state index in [-0.39, 0.29) is 5.41 Å². The third-order valence-corrected chi connectivity index (χ3v) is 7.22. The molecular formula is C27H34ClN7. The predicted octanol–water partition coefficient (Wildman–Crippen LogP) is 4.69. The van der Waals surface area contributed by atoms with Gasteiger partial charge in [-0.25, -0.2) is 15.0 Å². The maximum absolute atomic E-state index is 6.58. The normalized spacial score (nSPS) is 21.7. The van der Waals surface area contributed by atoms with Gasteiger partial charge in [-0.05, 0) is 44.9 Å². The number of hydrogen-bond acceptors (Lipinski definition) is 7. The Hall–Kier alpha value is -2.77. The van der Waals surface area contributed by atoms with Crippen molar-refractivity contribution in [3.05, 3.63) is 58.1 Å². The summed E-state index contributed by atoms with van der Waals surface area (Å²) in [5, 5.41) is 4.19. The Labute approximate surface area is 213 Å². The van der Waals surface area contributed by atoms with Crippen molar-refractivity contribution >= 4 is 23.4 Å². The Bertz CT molecular complexity index is 1250. The largest absolute Gasteiger partial charge is 0.351 e. The van der Waals surface area contributed by atoms with Crippen molar-refractivity contribution in [2.45, 2.75) is 65.6 Å². The molecule has 5 heterocycles. The van der Waals surface area contributed by atoms with Crippen molar-refractivity contribution < 1.29 is 0 Å². The summed E-state index contributed by atoms with van der Waals surface area (Å²) >= 11 is 6.58. The van der Waals surface area contributed by atoms with Gasteiger partial charge < -0.3 is 15.1 Å². The van der Waals surface area contributed by atoms with E-state index in [1.807, 2.05) is 19.3 Å². The number of nitrogens with zero attached hydrogens (tertiary/aromatic N) is 6. The number of nitrogens with one attached hydrogen (secondary N) is 1. The maximum Gasteiger partial charge on any atom is 0.225 e. The molecule has 5 rings (SSSR count). The van der Waals surface area contributed by atoms with E-state index in [0.29, 0.717) is 23.7 Å². The van der Waals surface area contributed by atoms with Gasteiger partial charge in [-0.3, -0.25) is 4.98 Å². The van der Waals surface area contributed by atoms with E-state index >= 15 is 0 Å². The maximum atomic E-state index is 6.58. The topological polar surface area (TPSA) is 70.1 Å². The molecule has 3 aromatic rings. The first-order valence-corrected chi connectivity index (χ1v) is 12.7. The zero-order chi connectivity index (χ0) is 24.9. The van der Waals surface area contributed by atoms with Crippen molar-refractivity contribution in [2.75, 3.05) is 29.4 Å². The summed E-state index contributed by atoms with van der Waals surface area (Å²) in [7, 11) is 0. The molecule has 35 heavy (non-hydrogen) atoms. The molecule has 1 fully saturated rings. The lowest BCUT2D eigenvalue weighted by Crippen LogP contribution is -2.55. The minimum atomic E-state index is -0.157. The van der Waals surface area contributed by atoms with E-state index < -0.39 is 0 Å².